The fourth-order valence-electron chi connectivity index (χ4n) is 3.03. The summed E-state index contributed by atoms with van der Waals surface area (Å²) in [5, 5.41) is 2.65. The monoisotopic (exact) mass is 315 g/mol. The number of thiazole rings is 1. The van der Waals surface area contributed by atoms with E-state index in [-0.39, 0.29) is 5.91 Å². The molecule has 2 heterocycles. The van der Waals surface area contributed by atoms with Crippen LogP contribution in [0.4, 0.5) is 0 Å². The first-order valence-electron chi connectivity index (χ1n) is 7.77. The Morgan fingerprint density at radius 1 is 1.36 bits per heavy atom. The maximum absolute atomic E-state index is 12.6. The third-order valence-electron chi connectivity index (χ3n) is 4.19. The summed E-state index contributed by atoms with van der Waals surface area (Å²) in [4.78, 5) is 19.0. The van der Waals surface area contributed by atoms with Gasteiger partial charge in [-0.15, -0.1) is 11.3 Å². The average Bonchev–Trinajstić information content (AvgIpc) is 3.22. The molecule has 4 nitrogen and oxygen atoms in total. The third-order valence-corrected chi connectivity index (χ3v) is 5.06. The number of nitrogens with two attached hydrogens (primary N) is 1. The van der Waals surface area contributed by atoms with Gasteiger partial charge in [-0.2, -0.15) is 0 Å². The smallest absolute Gasteiger partial charge is 0.273 e. The van der Waals surface area contributed by atoms with E-state index in [0.717, 1.165) is 37.2 Å². The van der Waals surface area contributed by atoms with Gasteiger partial charge < -0.3 is 10.6 Å². The van der Waals surface area contributed by atoms with E-state index >= 15 is 0 Å². The molecule has 0 radical (unpaired) electrons. The van der Waals surface area contributed by atoms with E-state index in [2.05, 4.69) is 29.2 Å². The Balaban J connectivity index is 1.63. The molecule has 1 amide bonds. The number of nitrogens with zero attached hydrogens (tertiary/aromatic N) is 2. The minimum absolute atomic E-state index is 0.0616. The molecule has 0 spiro atoms. The summed E-state index contributed by atoms with van der Waals surface area (Å²) in [6.07, 6.45) is 4.20. The highest BCUT2D eigenvalue weighted by Crippen LogP contribution is 2.24. The van der Waals surface area contributed by atoms with E-state index in [1.54, 1.807) is 0 Å². The number of aryl methyl sites for hydroxylation is 1. The summed E-state index contributed by atoms with van der Waals surface area (Å²) in [6.45, 7) is 1.24. The summed E-state index contributed by atoms with van der Waals surface area (Å²) in [7, 11) is 0. The van der Waals surface area contributed by atoms with Gasteiger partial charge >= 0.3 is 0 Å². The second kappa shape index (κ2) is 7.03. The first-order chi connectivity index (χ1) is 10.8. The van der Waals surface area contributed by atoms with Gasteiger partial charge in [0.1, 0.15) is 10.7 Å². The Kier molecular flexibility index (Phi) is 4.85. The van der Waals surface area contributed by atoms with Gasteiger partial charge in [-0.1, -0.05) is 30.3 Å². The van der Waals surface area contributed by atoms with Crippen molar-refractivity contribution in [3.05, 3.63) is 52.0 Å². The lowest BCUT2D eigenvalue weighted by Crippen LogP contribution is -2.36. The standard InChI is InChI=1S/C17H21N3OS/c18-11-16-19-15(12-22-16)17(21)20-10-4-7-14(20)9-8-13-5-2-1-3-6-13/h1-3,5-6,12,14H,4,7-11,18H2. The Bertz CT molecular complexity index is 626. The number of amides is 1. The lowest BCUT2D eigenvalue weighted by Gasteiger charge is -2.24. The molecule has 1 aromatic carbocycles. The van der Waals surface area contributed by atoms with Crippen LogP contribution in [0.5, 0.6) is 0 Å². The zero-order chi connectivity index (χ0) is 15.4. The van der Waals surface area contributed by atoms with Crippen molar-refractivity contribution in [2.24, 2.45) is 5.73 Å². The van der Waals surface area contributed by atoms with Gasteiger partial charge in [-0.25, -0.2) is 4.98 Å². The van der Waals surface area contributed by atoms with Crippen LogP contribution in [0.3, 0.4) is 0 Å². The Morgan fingerprint density at radius 3 is 2.91 bits per heavy atom. The fourth-order valence-corrected chi connectivity index (χ4v) is 3.68. The molecule has 0 bridgehead atoms. The fraction of sp³-hybridized carbons (Fsp3) is 0.412. The summed E-state index contributed by atoms with van der Waals surface area (Å²) < 4.78 is 0. The van der Waals surface area contributed by atoms with E-state index < -0.39 is 0 Å². The maximum atomic E-state index is 12.6. The molecular formula is C17H21N3OS. The third kappa shape index (κ3) is 3.36. The minimum Gasteiger partial charge on any atom is -0.334 e. The van der Waals surface area contributed by atoms with E-state index in [9.17, 15) is 4.79 Å². The summed E-state index contributed by atoms with van der Waals surface area (Å²) in [6, 6.07) is 10.8. The highest BCUT2D eigenvalue weighted by molar-refractivity contribution is 7.09. The number of benzene rings is 1. The largest absolute Gasteiger partial charge is 0.334 e. The number of hydrogen-bond acceptors (Lipinski definition) is 4. The van der Waals surface area contributed by atoms with Crippen LogP contribution < -0.4 is 5.73 Å². The Labute approximate surface area is 135 Å². The van der Waals surface area contributed by atoms with Crippen LogP contribution in [0.2, 0.25) is 0 Å². The number of hydrogen-bond donors (Lipinski definition) is 1. The topological polar surface area (TPSA) is 59.2 Å². The van der Waals surface area contributed by atoms with Gasteiger partial charge in [0.2, 0.25) is 0 Å². The van der Waals surface area contributed by atoms with Crippen LogP contribution in [0.15, 0.2) is 35.7 Å². The number of rotatable bonds is 5. The summed E-state index contributed by atoms with van der Waals surface area (Å²) in [5.74, 6) is 0.0616. The van der Waals surface area contributed by atoms with Crippen LogP contribution in [0, 0.1) is 0 Å². The lowest BCUT2D eigenvalue weighted by atomic mass is 10.0. The molecule has 1 unspecified atom stereocenters. The molecule has 2 N–H and O–H groups in total. The maximum Gasteiger partial charge on any atom is 0.273 e. The SMILES string of the molecule is NCc1nc(C(=O)N2CCCC2CCc2ccccc2)cs1. The van der Waals surface area contributed by atoms with Crippen molar-refractivity contribution in [3.8, 4) is 0 Å². The molecule has 1 atom stereocenters. The second-order valence-electron chi connectivity index (χ2n) is 5.65. The van der Waals surface area contributed by atoms with E-state index in [1.165, 1.54) is 16.9 Å². The Morgan fingerprint density at radius 2 is 2.18 bits per heavy atom. The van der Waals surface area contributed by atoms with E-state index in [0.29, 0.717) is 18.3 Å². The molecule has 116 valence electrons. The first-order valence-corrected chi connectivity index (χ1v) is 8.65. The minimum atomic E-state index is 0.0616. The average molecular weight is 315 g/mol. The van der Waals surface area contributed by atoms with Crippen molar-refractivity contribution in [2.75, 3.05) is 6.54 Å². The molecule has 22 heavy (non-hydrogen) atoms. The zero-order valence-corrected chi connectivity index (χ0v) is 13.4. The van der Waals surface area contributed by atoms with Crippen molar-refractivity contribution < 1.29 is 4.79 Å². The van der Waals surface area contributed by atoms with Crippen LogP contribution >= 0.6 is 11.3 Å². The van der Waals surface area contributed by atoms with E-state index in [1.807, 2.05) is 16.3 Å². The molecule has 2 aromatic rings. The van der Waals surface area contributed by atoms with E-state index in [4.69, 9.17) is 5.73 Å². The molecule has 0 saturated carbocycles. The zero-order valence-electron chi connectivity index (χ0n) is 12.6. The first kappa shape index (κ1) is 15.2. The highest BCUT2D eigenvalue weighted by atomic mass is 32.1. The second-order valence-corrected chi connectivity index (χ2v) is 6.59. The molecule has 1 aliphatic rings. The van der Waals surface area contributed by atoms with Crippen molar-refractivity contribution in [2.45, 2.75) is 38.3 Å². The molecule has 1 aromatic heterocycles. The van der Waals surface area contributed by atoms with Crippen LogP contribution in [0.25, 0.3) is 0 Å². The number of carbonyl (C=O) groups excluding carboxylic acids is 1. The van der Waals surface area contributed by atoms with Gasteiger partial charge in [0.15, 0.2) is 0 Å². The molecule has 3 rings (SSSR count). The number of likely N-dealkylation sites (tertiary alicyclic amines) is 1. The van der Waals surface area contributed by atoms with Gasteiger partial charge in [0.25, 0.3) is 5.91 Å². The molecule has 5 heteroatoms. The van der Waals surface area contributed by atoms with Crippen molar-refractivity contribution in [3.63, 3.8) is 0 Å². The highest BCUT2D eigenvalue weighted by Gasteiger charge is 2.30. The summed E-state index contributed by atoms with van der Waals surface area (Å²) in [5.41, 5.74) is 7.47. The predicted molar refractivity (Wildman–Crippen MR) is 88.8 cm³/mol. The molecular weight excluding hydrogens is 294 g/mol. The number of carbonyl (C=O) groups is 1. The lowest BCUT2D eigenvalue weighted by molar-refractivity contribution is 0.0725. The van der Waals surface area contributed by atoms with Gasteiger partial charge in [-0.05, 0) is 31.2 Å². The molecule has 1 fully saturated rings. The number of aromatic nitrogens is 1. The quantitative estimate of drug-likeness (QED) is 0.923. The van der Waals surface area contributed by atoms with Gasteiger partial charge in [0.05, 0.1) is 0 Å². The normalized spacial score (nSPS) is 17.9. The summed E-state index contributed by atoms with van der Waals surface area (Å²) >= 11 is 1.46. The molecule has 1 saturated heterocycles. The van der Waals surface area contributed by atoms with Crippen LogP contribution in [0.1, 0.15) is 40.3 Å². The predicted octanol–water partition coefficient (Wildman–Crippen LogP) is 2.84. The van der Waals surface area contributed by atoms with Crippen molar-refractivity contribution >= 4 is 17.2 Å². The van der Waals surface area contributed by atoms with Crippen LogP contribution in [-0.2, 0) is 13.0 Å². The van der Waals surface area contributed by atoms with Crippen molar-refractivity contribution in [1.29, 1.82) is 0 Å². The van der Waals surface area contributed by atoms with Gasteiger partial charge in [0, 0.05) is 24.5 Å². The molecule has 0 aliphatic carbocycles. The molecule has 1 aliphatic heterocycles. The van der Waals surface area contributed by atoms with Crippen LogP contribution in [-0.4, -0.2) is 28.4 Å². The van der Waals surface area contributed by atoms with Gasteiger partial charge in [-0.3, -0.25) is 4.79 Å². The Hall–Kier alpha value is -1.72. The van der Waals surface area contributed by atoms with Crippen molar-refractivity contribution in [1.82, 2.24) is 9.88 Å².